The van der Waals surface area contributed by atoms with E-state index in [-0.39, 0.29) is 72.8 Å². The number of aliphatic hydroxyl groups is 2. The van der Waals surface area contributed by atoms with Crippen LogP contribution in [0, 0.1) is 34.6 Å². The molecule has 9 N–H and O–H groups in total. The molecule has 80 heavy (non-hydrogen) atoms. The second-order valence-electron chi connectivity index (χ2n) is 20.5. The van der Waals surface area contributed by atoms with Gasteiger partial charge in [-0.2, -0.15) is 0 Å². The van der Waals surface area contributed by atoms with Gasteiger partial charge in [0.05, 0.1) is 27.5 Å². The monoisotopic (exact) mass is 1110 g/mol. The van der Waals surface area contributed by atoms with Crippen LogP contribution in [0.15, 0.2) is 73.2 Å². The maximum absolute atomic E-state index is 13.9. The van der Waals surface area contributed by atoms with Crippen LogP contribution in [0.25, 0.3) is 21.9 Å². The summed E-state index contributed by atoms with van der Waals surface area (Å²) in [4.78, 5) is 89.8. The molecule has 7 heterocycles. The zero-order valence-corrected chi connectivity index (χ0v) is 45.1. The van der Waals surface area contributed by atoms with Crippen LogP contribution < -0.4 is 31.0 Å². The van der Waals surface area contributed by atoms with Crippen molar-refractivity contribution >= 4 is 57.1 Å². The van der Waals surface area contributed by atoms with Gasteiger partial charge < -0.3 is 92.7 Å². The molecule has 9 rings (SSSR count). The van der Waals surface area contributed by atoms with Crippen LogP contribution in [0.4, 0.5) is 11.4 Å². The first-order valence-corrected chi connectivity index (χ1v) is 25.0. The smallest absolute Gasteiger partial charge is 0.355 e. The minimum Gasteiger partial charge on any atom is -0.479 e. The molecule has 7 aromatic rings. The molecular weight excluding hydrogens is 1050 g/mol. The Morgan fingerprint density at radius 2 is 1.00 bits per heavy atom. The number of aliphatic hydroxyl groups excluding tert-OH is 2. The van der Waals surface area contributed by atoms with Gasteiger partial charge in [-0.25, -0.2) is 9.59 Å². The van der Waals surface area contributed by atoms with Gasteiger partial charge in [0.15, 0.2) is 35.8 Å². The van der Waals surface area contributed by atoms with E-state index in [1.54, 1.807) is 53.7 Å². The van der Waals surface area contributed by atoms with Crippen molar-refractivity contribution in [1.82, 2.24) is 15.0 Å². The highest BCUT2D eigenvalue weighted by Crippen LogP contribution is 2.40. The molecule has 8 atom stereocenters. The fraction of sp³-hybridized carbons (Fsp3) is 0.382. The van der Waals surface area contributed by atoms with Gasteiger partial charge in [0.25, 0.3) is 11.8 Å². The SMILES string of the molecule is COC1[C@H](OC(=O)c2ccc(C)[nH]2)[C@H](O)[C@H](Oc2ccc3c(=O)c(NC(=O)c4[nH]cc(C(=O)Nc5c(O)oc6c(C)c(O[C@@H]7OC(C)(C)[C@@H](OC)[C@H](OC(=O)c8ccc(C)[nH]8)[C@@H]7O)ccc6c5=O)c4C)c(O)oc3c2C)OC1(C)C. The van der Waals surface area contributed by atoms with Crippen molar-refractivity contribution in [3.63, 3.8) is 0 Å². The van der Waals surface area contributed by atoms with Crippen molar-refractivity contribution < 1.29 is 86.3 Å². The van der Waals surface area contributed by atoms with Gasteiger partial charge in [0, 0.05) is 42.9 Å². The van der Waals surface area contributed by atoms with Crippen molar-refractivity contribution in [3.8, 4) is 23.4 Å². The number of rotatable bonds is 14. The molecule has 5 aromatic heterocycles. The van der Waals surface area contributed by atoms with Crippen LogP contribution in [0.5, 0.6) is 23.4 Å². The summed E-state index contributed by atoms with van der Waals surface area (Å²) >= 11 is 0. The number of hydrogen-bond acceptors (Lipinski definition) is 20. The Balaban J connectivity index is 0.890. The van der Waals surface area contributed by atoms with Gasteiger partial charge in [-0.1, -0.05) is 0 Å². The van der Waals surface area contributed by atoms with Crippen LogP contribution in [-0.4, -0.2) is 134 Å². The van der Waals surface area contributed by atoms with Crippen molar-refractivity contribution in [2.45, 2.75) is 123 Å². The summed E-state index contributed by atoms with van der Waals surface area (Å²) < 4.78 is 58.5. The Kier molecular flexibility index (Phi) is 15.0. The number of carbonyl (C=O) groups excluding carboxylic acids is 4. The first kappa shape index (κ1) is 56.3. The molecule has 0 saturated carbocycles. The molecule has 2 aliphatic rings. The standard InChI is InChI=1S/C55H59N5O20/c1-21-12-16-29(57-21)48(67)77-42-38(63)52(79-54(6,7)44(42)71-10)73-31-18-14-26-36(61)34(50(69)75-40(26)24(31)4)59-46(65)28-20-56-33(23(28)3)47(66)60-35-37(62)27-15-19-32(25(5)41(27)76-51(35)70)74-53-39(64)43(45(72-11)55(8,9)80-53)78-49(68)30-17-13-22(2)58-30/h12-20,38-39,42-45,52-53,56-58,63-64,69-70H,1-11H3,(H,59,65)(H,60,66)/t38-,39-,42+,43+,44-,45?,52+,53+/m0/s1. The molecule has 0 radical (unpaired) electrons. The summed E-state index contributed by atoms with van der Waals surface area (Å²) in [6.45, 7) is 14.6. The zero-order chi connectivity index (χ0) is 58.0. The molecule has 424 valence electrons. The third kappa shape index (κ3) is 10.2. The summed E-state index contributed by atoms with van der Waals surface area (Å²) in [7, 11) is 2.76. The molecule has 1 unspecified atom stereocenters. The maximum atomic E-state index is 13.9. The second kappa shape index (κ2) is 21.3. The van der Waals surface area contributed by atoms with Crippen molar-refractivity contribution in [2.75, 3.05) is 24.9 Å². The topological polar surface area (TPSA) is 355 Å². The molecule has 2 aliphatic heterocycles. The molecule has 2 fully saturated rings. The van der Waals surface area contributed by atoms with E-state index in [9.17, 15) is 49.2 Å². The lowest BCUT2D eigenvalue weighted by Crippen LogP contribution is -2.65. The number of methoxy groups -OCH3 is 2. The second-order valence-corrected chi connectivity index (χ2v) is 20.5. The number of aromatic amines is 3. The quantitative estimate of drug-likeness (QED) is 0.0601. The third-order valence-corrected chi connectivity index (χ3v) is 14.2. The summed E-state index contributed by atoms with van der Waals surface area (Å²) in [6.07, 6.45) is -9.34. The van der Waals surface area contributed by atoms with E-state index in [1.165, 1.54) is 71.4 Å². The number of aryl methyl sites for hydroxylation is 4. The minimum atomic E-state index is -1.59. The lowest BCUT2D eigenvalue weighted by atomic mass is 9.89. The predicted molar refractivity (Wildman–Crippen MR) is 281 cm³/mol. The number of aromatic hydroxyl groups is 2. The molecule has 2 aromatic carbocycles. The Labute approximate surface area is 454 Å². The number of esters is 2. The molecule has 2 saturated heterocycles. The summed E-state index contributed by atoms with van der Waals surface area (Å²) in [5, 5.41) is 49.5. The van der Waals surface area contributed by atoms with Crippen LogP contribution >= 0.6 is 0 Å². The Morgan fingerprint density at radius 3 is 1.39 bits per heavy atom. The molecule has 25 heteroatoms. The van der Waals surface area contributed by atoms with Crippen LogP contribution in [0.1, 0.15) is 97.6 Å². The molecule has 25 nitrogen and oxygen atoms in total. The third-order valence-electron chi connectivity index (χ3n) is 14.2. The number of ether oxygens (including phenoxy) is 8. The predicted octanol–water partition coefficient (Wildman–Crippen LogP) is 5.57. The maximum Gasteiger partial charge on any atom is 0.355 e. The Hall–Kier alpha value is -8.46. The van der Waals surface area contributed by atoms with Crippen molar-refractivity contribution in [3.05, 3.63) is 126 Å². The number of anilines is 2. The summed E-state index contributed by atoms with van der Waals surface area (Å²) in [5.41, 5.74) is -3.98. The van der Waals surface area contributed by atoms with E-state index >= 15 is 0 Å². The summed E-state index contributed by atoms with van der Waals surface area (Å²) in [5.74, 6) is -5.33. The molecule has 2 amide bonds. The van der Waals surface area contributed by atoms with E-state index < -0.39 is 118 Å². The van der Waals surface area contributed by atoms with Gasteiger partial charge in [-0.3, -0.25) is 19.2 Å². The van der Waals surface area contributed by atoms with Gasteiger partial charge in [0.2, 0.25) is 23.4 Å². The highest BCUT2D eigenvalue weighted by Gasteiger charge is 2.55. The van der Waals surface area contributed by atoms with Crippen molar-refractivity contribution in [1.29, 1.82) is 0 Å². The van der Waals surface area contributed by atoms with Crippen LogP contribution in [0.3, 0.4) is 0 Å². The summed E-state index contributed by atoms with van der Waals surface area (Å²) in [6, 6.07) is 11.8. The highest BCUT2D eigenvalue weighted by molar-refractivity contribution is 6.11. The number of aromatic nitrogens is 3. The average molecular weight is 1110 g/mol. The highest BCUT2D eigenvalue weighted by atomic mass is 16.7. The fourth-order valence-corrected chi connectivity index (χ4v) is 10.0. The Morgan fingerprint density at radius 1 is 0.588 bits per heavy atom. The lowest BCUT2D eigenvalue weighted by molar-refractivity contribution is -0.305. The largest absolute Gasteiger partial charge is 0.479 e. The number of fused-ring (bicyclic) bond motifs is 2. The van der Waals surface area contributed by atoms with Gasteiger partial charge in [0.1, 0.15) is 52.0 Å². The fourth-order valence-electron chi connectivity index (χ4n) is 10.0. The molecule has 0 aliphatic carbocycles. The first-order chi connectivity index (χ1) is 37.7. The number of nitrogens with one attached hydrogen (secondary N) is 5. The number of H-pyrrole nitrogens is 3. The first-order valence-electron chi connectivity index (χ1n) is 25.0. The lowest BCUT2D eigenvalue weighted by Gasteiger charge is -2.47. The average Bonchev–Trinajstić information content (AvgIpc) is 4.18. The van der Waals surface area contributed by atoms with E-state index in [4.69, 9.17) is 46.7 Å². The zero-order valence-electron chi connectivity index (χ0n) is 45.1. The normalized spacial score (nSPS) is 22.4. The van der Waals surface area contributed by atoms with Gasteiger partial charge >= 0.3 is 23.8 Å². The van der Waals surface area contributed by atoms with E-state index in [1.807, 2.05) is 0 Å². The van der Waals surface area contributed by atoms with Gasteiger partial charge in [-0.05, 0) is 116 Å². The van der Waals surface area contributed by atoms with E-state index in [2.05, 4.69) is 25.6 Å². The molecular formula is C55H59N5O20. The Bertz CT molecular complexity index is 3480. The number of hydrogen-bond donors (Lipinski definition) is 9. The van der Waals surface area contributed by atoms with Crippen molar-refractivity contribution in [2.24, 2.45) is 0 Å². The van der Waals surface area contributed by atoms with Crippen LogP contribution in [-0.2, 0) is 28.4 Å². The number of benzene rings is 2. The molecule has 0 bridgehead atoms. The number of amides is 2. The van der Waals surface area contributed by atoms with E-state index in [0.29, 0.717) is 11.4 Å². The minimum absolute atomic E-state index is 0.0247. The number of carbonyl (C=O) groups is 4. The van der Waals surface area contributed by atoms with Gasteiger partial charge in [-0.15, -0.1) is 0 Å². The van der Waals surface area contributed by atoms with E-state index in [0.717, 1.165) is 6.20 Å². The van der Waals surface area contributed by atoms with Crippen LogP contribution in [0.2, 0.25) is 0 Å². The molecule has 0 spiro atoms.